The maximum absolute atomic E-state index is 13.1. The fourth-order valence-electron chi connectivity index (χ4n) is 3.17. The van der Waals surface area contributed by atoms with E-state index in [0.717, 1.165) is 19.2 Å². The molecule has 0 aliphatic carbocycles. The molecule has 2 aromatic carbocycles. The highest BCUT2D eigenvalue weighted by atomic mass is 32.2. The van der Waals surface area contributed by atoms with Crippen LogP contribution in [0.3, 0.4) is 0 Å². The first kappa shape index (κ1) is 32.5. The van der Waals surface area contributed by atoms with E-state index >= 15 is 0 Å². The second-order valence-corrected chi connectivity index (χ2v) is 10.0. The Kier molecular flexibility index (Phi) is 11.5. The minimum Gasteiger partial charge on any atom is -0.465 e. The number of ether oxygens (including phenoxy) is 4. The molecule has 220 valence electrons. The zero-order valence-corrected chi connectivity index (χ0v) is 22.8. The number of rotatable bonds is 13. The predicted molar refractivity (Wildman–Crippen MR) is 134 cm³/mol. The molecule has 0 heterocycles. The van der Waals surface area contributed by atoms with Crippen LogP contribution in [0.15, 0.2) is 36.4 Å². The molecule has 0 atom stereocenters. The summed E-state index contributed by atoms with van der Waals surface area (Å²) in [7, 11) is -3.75. The quantitative estimate of drug-likeness (QED) is 0.121. The number of methoxy groups -OCH3 is 2. The van der Waals surface area contributed by atoms with Crippen LogP contribution in [0.25, 0.3) is 11.1 Å². The van der Waals surface area contributed by atoms with E-state index in [1.54, 1.807) is 0 Å². The second kappa shape index (κ2) is 14.1. The van der Waals surface area contributed by atoms with Crippen LogP contribution in [0.4, 0.5) is 13.2 Å². The van der Waals surface area contributed by atoms with Crippen LogP contribution in [0.1, 0.15) is 44.9 Å². The van der Waals surface area contributed by atoms with Crippen LogP contribution in [-0.2, 0) is 29.1 Å². The first-order valence-electron chi connectivity index (χ1n) is 11.6. The molecule has 0 bridgehead atoms. The molecule has 2 rings (SSSR count). The normalized spacial score (nSPS) is 11.7. The highest BCUT2D eigenvalue weighted by Crippen LogP contribution is 2.37. The third-order valence-electron chi connectivity index (χ3n) is 5.07. The van der Waals surface area contributed by atoms with Gasteiger partial charge in [0.2, 0.25) is 0 Å². The molecular weight excluding hydrogens is 563 g/mol. The third kappa shape index (κ3) is 8.40. The summed E-state index contributed by atoms with van der Waals surface area (Å²) in [6.45, 7) is 3.57. The van der Waals surface area contributed by atoms with Gasteiger partial charge in [-0.15, -0.1) is 0 Å². The molecule has 0 saturated carbocycles. The van der Waals surface area contributed by atoms with Crippen molar-refractivity contribution in [1.29, 1.82) is 0 Å². The van der Waals surface area contributed by atoms with Gasteiger partial charge in [0.25, 0.3) is 5.91 Å². The Bertz CT molecular complexity index is 1330. The van der Waals surface area contributed by atoms with E-state index in [9.17, 15) is 36.0 Å². The Morgan fingerprint density at radius 1 is 0.975 bits per heavy atom. The van der Waals surface area contributed by atoms with Crippen LogP contribution in [-0.4, -0.2) is 72.5 Å². The van der Waals surface area contributed by atoms with E-state index in [2.05, 4.69) is 9.50 Å². The number of carbonyl (C=O) groups excluding carboxylic acids is 3. The van der Waals surface area contributed by atoms with Gasteiger partial charge < -0.3 is 28.4 Å². The molecule has 0 aromatic heterocycles. The van der Waals surface area contributed by atoms with Gasteiger partial charge in [0.1, 0.15) is 5.56 Å². The van der Waals surface area contributed by atoms with Gasteiger partial charge in [0.15, 0.2) is 12.5 Å². The smallest absolute Gasteiger partial charge is 0.465 e. The lowest BCUT2D eigenvalue weighted by Gasteiger charge is -2.18. The summed E-state index contributed by atoms with van der Waals surface area (Å²) in [4.78, 5) is 38.3. The average Bonchev–Trinajstić information content (AvgIpc) is 2.89. The Morgan fingerprint density at radius 2 is 1.68 bits per heavy atom. The zero-order chi connectivity index (χ0) is 30.1. The molecule has 15 heteroatoms. The highest BCUT2D eigenvalue weighted by molar-refractivity contribution is 7.88. The number of benzene rings is 2. The summed E-state index contributed by atoms with van der Waals surface area (Å²) in [6, 6.07) is 6.85. The maximum Gasteiger partial charge on any atom is 0.534 e. The first-order chi connectivity index (χ1) is 18.7. The molecule has 40 heavy (non-hydrogen) atoms. The minimum absolute atomic E-state index is 0.00403. The monoisotopic (exact) mass is 591 g/mol. The van der Waals surface area contributed by atoms with Crippen molar-refractivity contribution >= 4 is 28.0 Å². The molecule has 0 unspecified atom stereocenters. The fourth-order valence-corrected chi connectivity index (χ4v) is 3.64. The zero-order valence-electron chi connectivity index (χ0n) is 22.0. The number of hydrogen-bond donors (Lipinski definition) is 1. The Hall–Kier alpha value is -3.69. The highest BCUT2D eigenvalue weighted by Gasteiger charge is 2.49. The molecule has 1 amide bonds. The number of halogens is 3. The van der Waals surface area contributed by atoms with E-state index in [1.807, 2.05) is 13.8 Å². The van der Waals surface area contributed by atoms with Crippen molar-refractivity contribution in [1.82, 2.24) is 5.32 Å². The van der Waals surface area contributed by atoms with Gasteiger partial charge in [0.05, 0.1) is 25.9 Å². The largest absolute Gasteiger partial charge is 0.534 e. The maximum atomic E-state index is 13.1. The van der Waals surface area contributed by atoms with Crippen LogP contribution in [0, 0.1) is 5.92 Å². The van der Waals surface area contributed by atoms with E-state index in [4.69, 9.17) is 18.9 Å². The molecule has 0 fully saturated rings. The summed E-state index contributed by atoms with van der Waals surface area (Å²) in [6.07, 6.45) is 0. The molecule has 11 nitrogen and oxygen atoms in total. The molecule has 0 aliphatic heterocycles. The van der Waals surface area contributed by atoms with Gasteiger partial charge in [-0.3, -0.25) is 4.79 Å². The predicted octanol–water partition coefficient (Wildman–Crippen LogP) is 3.53. The third-order valence-corrected chi connectivity index (χ3v) is 6.03. The van der Waals surface area contributed by atoms with E-state index < -0.39 is 51.6 Å². The standard InChI is InChI=1S/C25H28F3NO10S/c1-15(2)13-29-22(30)16-8-9-17(19(12-16)23(31)36-4)18-6-5-7-20(39-40(33,34)25(26,27)28)21(18)24(32)38-14-37-11-10-35-3/h5-9,12,15H,10-11,13-14H2,1-4H3,(H,29,30). The fraction of sp³-hybridized carbons (Fsp3) is 0.400. The van der Waals surface area contributed by atoms with E-state index in [-0.39, 0.29) is 41.4 Å². The molecule has 0 saturated heterocycles. The topological polar surface area (TPSA) is 144 Å². The van der Waals surface area contributed by atoms with Crippen molar-refractivity contribution in [3.05, 3.63) is 53.1 Å². The van der Waals surface area contributed by atoms with Crippen LogP contribution in [0.2, 0.25) is 0 Å². The van der Waals surface area contributed by atoms with Crippen molar-refractivity contribution in [2.24, 2.45) is 5.92 Å². The summed E-state index contributed by atoms with van der Waals surface area (Å²) >= 11 is 0. The summed E-state index contributed by atoms with van der Waals surface area (Å²) < 4.78 is 86.7. The van der Waals surface area contributed by atoms with Gasteiger partial charge in [0, 0.05) is 24.8 Å². The first-order valence-corrected chi connectivity index (χ1v) is 13.0. The number of amides is 1. The van der Waals surface area contributed by atoms with Crippen molar-refractivity contribution in [3.8, 4) is 16.9 Å². The molecular formula is C25H28F3NO10S. The number of hydrogen-bond acceptors (Lipinski definition) is 10. The Balaban J connectivity index is 2.68. The lowest BCUT2D eigenvalue weighted by Crippen LogP contribution is -2.29. The molecule has 2 aromatic rings. The molecule has 1 N–H and O–H groups in total. The minimum atomic E-state index is -6.20. The number of esters is 2. The van der Waals surface area contributed by atoms with Crippen LogP contribution < -0.4 is 9.50 Å². The summed E-state index contributed by atoms with van der Waals surface area (Å²) in [5.74, 6) is -3.69. The molecule has 0 spiro atoms. The number of carbonyl (C=O) groups is 3. The summed E-state index contributed by atoms with van der Waals surface area (Å²) in [5, 5.41) is 2.68. The van der Waals surface area contributed by atoms with Crippen molar-refractivity contribution < 1.29 is 59.1 Å². The van der Waals surface area contributed by atoms with Crippen molar-refractivity contribution in [2.75, 3.05) is 40.8 Å². The van der Waals surface area contributed by atoms with Gasteiger partial charge in [-0.1, -0.05) is 32.0 Å². The lowest BCUT2D eigenvalue weighted by atomic mass is 9.93. The number of alkyl halides is 3. The van der Waals surface area contributed by atoms with Gasteiger partial charge in [-0.2, -0.15) is 21.6 Å². The molecule has 0 aliphatic rings. The Morgan fingerprint density at radius 3 is 2.27 bits per heavy atom. The average molecular weight is 592 g/mol. The Labute approximate surface area is 228 Å². The lowest BCUT2D eigenvalue weighted by molar-refractivity contribution is -0.0504. The SMILES string of the molecule is COCCOCOC(=O)c1c(OS(=O)(=O)C(F)(F)F)cccc1-c1ccc(C(=O)NCC(C)C)cc1C(=O)OC. The van der Waals surface area contributed by atoms with Crippen molar-refractivity contribution in [2.45, 2.75) is 19.4 Å². The van der Waals surface area contributed by atoms with E-state index in [0.29, 0.717) is 6.54 Å². The summed E-state index contributed by atoms with van der Waals surface area (Å²) in [5.41, 5.74) is -7.10. The number of nitrogens with one attached hydrogen (secondary N) is 1. The molecule has 0 radical (unpaired) electrons. The van der Waals surface area contributed by atoms with Crippen molar-refractivity contribution in [3.63, 3.8) is 0 Å². The van der Waals surface area contributed by atoms with Gasteiger partial charge >= 0.3 is 27.6 Å². The van der Waals surface area contributed by atoms with Crippen LogP contribution >= 0.6 is 0 Å². The van der Waals surface area contributed by atoms with Gasteiger partial charge in [-0.25, -0.2) is 9.59 Å². The van der Waals surface area contributed by atoms with Crippen LogP contribution in [0.5, 0.6) is 5.75 Å². The van der Waals surface area contributed by atoms with E-state index in [1.165, 1.54) is 31.4 Å². The van der Waals surface area contributed by atoms with Gasteiger partial charge in [-0.05, 0) is 29.7 Å². The second-order valence-electron chi connectivity index (χ2n) is 8.47.